The second-order valence-corrected chi connectivity index (χ2v) is 6.86. The second-order valence-electron chi connectivity index (χ2n) is 4.97. The summed E-state index contributed by atoms with van der Waals surface area (Å²) in [7, 11) is 0. The molecule has 0 spiro atoms. The zero-order valence-electron chi connectivity index (χ0n) is 12.7. The number of urea groups is 1. The minimum Gasteiger partial charge on any atom is -0.375 e. The van der Waals surface area contributed by atoms with Crippen LogP contribution in [0.5, 0.6) is 0 Å². The molecule has 0 fully saturated rings. The highest BCUT2D eigenvalue weighted by Gasteiger charge is 2.08. The highest BCUT2D eigenvalue weighted by molar-refractivity contribution is 9.10. The summed E-state index contributed by atoms with van der Waals surface area (Å²) in [4.78, 5) is 24.6. The molecule has 2 rings (SSSR count). The van der Waals surface area contributed by atoms with Gasteiger partial charge in [-0.15, -0.1) is 11.3 Å². The largest absolute Gasteiger partial charge is 0.375 e. The van der Waals surface area contributed by atoms with Gasteiger partial charge in [-0.1, -0.05) is 12.1 Å². The van der Waals surface area contributed by atoms with Crippen LogP contribution in [-0.2, 0) is 11.2 Å². The number of imide groups is 1. The normalized spacial score (nSPS) is 10.2. The molecule has 1 heterocycles. The lowest BCUT2D eigenvalue weighted by atomic mass is 10.2. The first-order valence-electron chi connectivity index (χ1n) is 7.14. The first-order chi connectivity index (χ1) is 11.0. The molecule has 1 aromatic heterocycles. The van der Waals surface area contributed by atoms with Gasteiger partial charge in [-0.05, 0) is 58.4 Å². The van der Waals surface area contributed by atoms with Crippen LogP contribution in [0, 0.1) is 6.92 Å². The zero-order valence-corrected chi connectivity index (χ0v) is 15.1. The standard InChI is InChI=1S/C16H18BrN3O2S/c1-11-4-5-14(13(17)9-11)19-10-15(21)20-16(22)18-7-6-12-3-2-8-23-12/h2-5,8-9,19H,6-7,10H2,1H3,(H2,18,20,21,22). The Morgan fingerprint density at radius 1 is 1.26 bits per heavy atom. The van der Waals surface area contributed by atoms with Crippen molar-refractivity contribution in [2.45, 2.75) is 13.3 Å². The van der Waals surface area contributed by atoms with Crippen molar-refractivity contribution in [3.05, 3.63) is 50.6 Å². The molecule has 0 aliphatic carbocycles. The number of halogens is 1. The van der Waals surface area contributed by atoms with E-state index in [1.807, 2.05) is 42.6 Å². The fourth-order valence-corrected chi connectivity index (χ4v) is 3.25. The molecule has 23 heavy (non-hydrogen) atoms. The van der Waals surface area contributed by atoms with E-state index in [4.69, 9.17) is 0 Å². The Morgan fingerprint density at radius 3 is 2.78 bits per heavy atom. The molecule has 3 amide bonds. The summed E-state index contributed by atoms with van der Waals surface area (Å²) in [6.07, 6.45) is 0.758. The van der Waals surface area contributed by atoms with Crippen LogP contribution in [-0.4, -0.2) is 25.0 Å². The highest BCUT2D eigenvalue weighted by atomic mass is 79.9. The summed E-state index contributed by atoms with van der Waals surface area (Å²) in [6, 6.07) is 9.29. The van der Waals surface area contributed by atoms with Crippen LogP contribution in [0.2, 0.25) is 0 Å². The number of hydrogen-bond donors (Lipinski definition) is 3. The quantitative estimate of drug-likeness (QED) is 0.702. The predicted octanol–water partition coefficient (Wildman–Crippen LogP) is 3.30. The molecule has 0 atom stereocenters. The number of carbonyl (C=O) groups is 2. The lowest BCUT2D eigenvalue weighted by Crippen LogP contribution is -2.42. The minimum atomic E-state index is -0.476. The summed E-state index contributed by atoms with van der Waals surface area (Å²) in [5, 5.41) is 9.95. The number of anilines is 1. The van der Waals surface area contributed by atoms with Gasteiger partial charge >= 0.3 is 6.03 Å². The van der Waals surface area contributed by atoms with Crippen LogP contribution in [0.3, 0.4) is 0 Å². The number of benzene rings is 1. The van der Waals surface area contributed by atoms with Crippen LogP contribution in [0.25, 0.3) is 0 Å². The molecule has 0 saturated heterocycles. The van der Waals surface area contributed by atoms with E-state index in [1.165, 1.54) is 4.88 Å². The smallest absolute Gasteiger partial charge is 0.321 e. The fraction of sp³-hybridized carbons (Fsp3) is 0.250. The van der Waals surface area contributed by atoms with E-state index in [2.05, 4.69) is 31.9 Å². The van der Waals surface area contributed by atoms with Gasteiger partial charge in [0.15, 0.2) is 0 Å². The van der Waals surface area contributed by atoms with Crippen molar-refractivity contribution in [2.75, 3.05) is 18.4 Å². The van der Waals surface area contributed by atoms with Crippen molar-refractivity contribution in [1.82, 2.24) is 10.6 Å². The summed E-state index contributed by atoms with van der Waals surface area (Å²) < 4.78 is 0.880. The number of rotatable bonds is 6. The van der Waals surface area contributed by atoms with E-state index < -0.39 is 6.03 Å². The van der Waals surface area contributed by atoms with Crippen LogP contribution in [0.1, 0.15) is 10.4 Å². The number of aryl methyl sites for hydroxylation is 1. The Bertz CT molecular complexity index is 674. The maximum atomic E-state index is 11.7. The van der Waals surface area contributed by atoms with Gasteiger partial charge in [0.25, 0.3) is 0 Å². The van der Waals surface area contributed by atoms with Gasteiger partial charge in [0.1, 0.15) is 0 Å². The monoisotopic (exact) mass is 395 g/mol. The Kier molecular flexibility index (Phi) is 6.61. The third-order valence-electron chi connectivity index (χ3n) is 3.05. The third-order valence-corrected chi connectivity index (χ3v) is 4.65. The second kappa shape index (κ2) is 8.69. The third kappa shape index (κ3) is 6.03. The van der Waals surface area contributed by atoms with Crippen molar-refractivity contribution < 1.29 is 9.59 Å². The van der Waals surface area contributed by atoms with Crippen molar-refractivity contribution in [1.29, 1.82) is 0 Å². The molecular formula is C16H18BrN3O2S. The fourth-order valence-electron chi connectivity index (χ4n) is 1.91. The van der Waals surface area contributed by atoms with Gasteiger partial charge in [0, 0.05) is 21.6 Å². The molecule has 1 aromatic carbocycles. The maximum absolute atomic E-state index is 11.7. The molecule has 0 bridgehead atoms. The van der Waals surface area contributed by atoms with E-state index in [1.54, 1.807) is 11.3 Å². The van der Waals surface area contributed by atoms with Gasteiger partial charge in [-0.3, -0.25) is 10.1 Å². The lowest BCUT2D eigenvalue weighted by Gasteiger charge is -2.10. The molecule has 0 aliphatic heterocycles. The first-order valence-corrected chi connectivity index (χ1v) is 8.82. The molecule has 0 unspecified atom stereocenters. The molecule has 7 heteroatoms. The molecule has 5 nitrogen and oxygen atoms in total. The van der Waals surface area contributed by atoms with E-state index in [0.29, 0.717) is 6.54 Å². The SMILES string of the molecule is Cc1ccc(NCC(=O)NC(=O)NCCc2cccs2)c(Br)c1. The van der Waals surface area contributed by atoms with Crippen molar-refractivity contribution >= 4 is 44.9 Å². The molecule has 0 aliphatic rings. The molecule has 0 saturated carbocycles. The van der Waals surface area contributed by atoms with Crippen LogP contribution < -0.4 is 16.0 Å². The van der Waals surface area contributed by atoms with Crippen LogP contribution in [0.15, 0.2) is 40.2 Å². The Morgan fingerprint density at radius 2 is 2.09 bits per heavy atom. The average molecular weight is 396 g/mol. The van der Waals surface area contributed by atoms with Gasteiger partial charge in [-0.25, -0.2) is 4.79 Å². The van der Waals surface area contributed by atoms with Crippen molar-refractivity contribution in [3.63, 3.8) is 0 Å². The number of thiophene rings is 1. The van der Waals surface area contributed by atoms with Gasteiger partial charge < -0.3 is 10.6 Å². The number of amides is 3. The van der Waals surface area contributed by atoms with Gasteiger partial charge in [0.2, 0.25) is 5.91 Å². The maximum Gasteiger partial charge on any atom is 0.321 e. The number of hydrogen-bond acceptors (Lipinski definition) is 4. The predicted molar refractivity (Wildman–Crippen MR) is 96.9 cm³/mol. The first kappa shape index (κ1) is 17.5. The minimum absolute atomic E-state index is 0.0278. The van der Waals surface area contributed by atoms with Crippen LogP contribution >= 0.6 is 27.3 Å². The van der Waals surface area contributed by atoms with Gasteiger partial charge in [-0.2, -0.15) is 0 Å². The van der Waals surface area contributed by atoms with Crippen LogP contribution in [0.4, 0.5) is 10.5 Å². The summed E-state index contributed by atoms with van der Waals surface area (Å²) in [6.45, 7) is 2.51. The lowest BCUT2D eigenvalue weighted by molar-refractivity contribution is -0.118. The molecule has 3 N–H and O–H groups in total. The highest BCUT2D eigenvalue weighted by Crippen LogP contribution is 2.22. The molecular weight excluding hydrogens is 378 g/mol. The Balaban J connectivity index is 1.68. The van der Waals surface area contributed by atoms with Gasteiger partial charge in [0.05, 0.1) is 6.54 Å². The van der Waals surface area contributed by atoms with E-state index in [9.17, 15) is 9.59 Å². The van der Waals surface area contributed by atoms with E-state index in [-0.39, 0.29) is 12.5 Å². The number of nitrogens with one attached hydrogen (secondary N) is 3. The topological polar surface area (TPSA) is 70.2 Å². The number of carbonyl (C=O) groups excluding carboxylic acids is 2. The summed E-state index contributed by atoms with van der Waals surface area (Å²) >= 11 is 5.07. The van der Waals surface area contributed by atoms with E-state index >= 15 is 0 Å². The summed E-state index contributed by atoms with van der Waals surface area (Å²) in [5.41, 5.74) is 1.93. The average Bonchev–Trinajstić information content (AvgIpc) is 2.99. The Hall–Kier alpha value is -1.86. The molecule has 122 valence electrons. The van der Waals surface area contributed by atoms with E-state index in [0.717, 1.165) is 22.1 Å². The van der Waals surface area contributed by atoms with Crippen molar-refractivity contribution in [2.24, 2.45) is 0 Å². The summed E-state index contributed by atoms with van der Waals surface area (Å²) in [5.74, 6) is -0.383. The molecule has 0 radical (unpaired) electrons. The Labute approximate surface area is 147 Å². The molecule has 2 aromatic rings. The zero-order chi connectivity index (χ0) is 16.7. The van der Waals surface area contributed by atoms with Crippen molar-refractivity contribution in [3.8, 4) is 0 Å².